The van der Waals surface area contributed by atoms with E-state index in [9.17, 15) is 9.59 Å². The van der Waals surface area contributed by atoms with Crippen LogP contribution in [-0.4, -0.2) is 63.3 Å². The number of piperidine rings is 3. The number of carbonyl (C=O) groups excluding carboxylic acids is 2. The molecule has 4 heterocycles. The Morgan fingerprint density at radius 1 is 0.935 bits per heavy atom. The highest BCUT2D eigenvalue weighted by molar-refractivity contribution is 5.93. The lowest BCUT2D eigenvalue weighted by Crippen LogP contribution is -2.64. The molecule has 1 aromatic rings. The largest absolute Gasteiger partial charge is 0.364 e. The molecule has 4 aliphatic rings. The van der Waals surface area contributed by atoms with E-state index in [0.717, 1.165) is 19.0 Å². The van der Waals surface area contributed by atoms with Crippen molar-refractivity contribution in [1.29, 1.82) is 0 Å². The molecule has 0 radical (unpaired) electrons. The molecule has 3 saturated heterocycles. The van der Waals surface area contributed by atoms with Crippen LogP contribution in [0.15, 0.2) is 12.4 Å². The van der Waals surface area contributed by atoms with E-state index in [1.54, 1.807) is 0 Å². The molecule has 7 nitrogen and oxygen atoms in total. The summed E-state index contributed by atoms with van der Waals surface area (Å²) in [6.45, 7) is 2.87. The van der Waals surface area contributed by atoms with E-state index >= 15 is 0 Å². The standard InChI is InChI=1S/C24H35N5O2/c25-23(30)19-12-27-20(13-26-19)24(31)28-14-17-11-18(15-28)22(10-16-6-2-1-3-7-16)29-9-5-4-8-21(17)29/h12-13,16-18,21-22H,1-11,14-15H2,(H2,25,30)/t17-,18+,21+,22+/m1/s1. The number of hydrogen-bond donors (Lipinski definition) is 1. The van der Waals surface area contributed by atoms with Gasteiger partial charge in [0.25, 0.3) is 11.8 Å². The first-order valence-electron chi connectivity index (χ1n) is 12.3. The lowest BCUT2D eigenvalue weighted by Gasteiger charge is -2.57. The van der Waals surface area contributed by atoms with E-state index in [4.69, 9.17) is 5.73 Å². The highest BCUT2D eigenvalue weighted by Crippen LogP contribution is 2.44. The Morgan fingerprint density at radius 3 is 2.39 bits per heavy atom. The number of rotatable bonds is 4. The molecule has 1 aromatic heterocycles. The molecule has 2 bridgehead atoms. The molecule has 4 atom stereocenters. The van der Waals surface area contributed by atoms with Gasteiger partial charge in [-0.05, 0) is 50.0 Å². The summed E-state index contributed by atoms with van der Waals surface area (Å²) in [5.74, 6) is 1.29. The predicted octanol–water partition coefficient (Wildman–Crippen LogP) is 2.86. The Hall–Kier alpha value is -2.02. The molecular weight excluding hydrogens is 390 g/mol. The zero-order valence-corrected chi connectivity index (χ0v) is 18.4. The molecule has 4 fully saturated rings. The minimum absolute atomic E-state index is 0.0566. The summed E-state index contributed by atoms with van der Waals surface area (Å²) in [6, 6.07) is 1.24. The van der Waals surface area contributed by atoms with Gasteiger partial charge in [-0.15, -0.1) is 0 Å². The lowest BCUT2D eigenvalue weighted by atomic mass is 9.69. The van der Waals surface area contributed by atoms with E-state index in [1.807, 2.05) is 4.90 Å². The third-order valence-electron chi connectivity index (χ3n) is 8.33. The quantitative estimate of drug-likeness (QED) is 0.801. The fourth-order valence-corrected chi connectivity index (χ4v) is 6.89. The van der Waals surface area contributed by atoms with Crippen molar-refractivity contribution in [2.24, 2.45) is 23.5 Å². The number of aromatic nitrogens is 2. The summed E-state index contributed by atoms with van der Waals surface area (Å²) in [5, 5.41) is 0. The van der Waals surface area contributed by atoms with Gasteiger partial charge >= 0.3 is 0 Å². The van der Waals surface area contributed by atoms with E-state index in [0.29, 0.717) is 29.6 Å². The maximum atomic E-state index is 13.3. The number of amides is 2. The monoisotopic (exact) mass is 425 g/mol. The van der Waals surface area contributed by atoms with E-state index < -0.39 is 5.91 Å². The summed E-state index contributed by atoms with van der Waals surface area (Å²) < 4.78 is 0. The molecule has 1 saturated carbocycles. The second-order valence-electron chi connectivity index (χ2n) is 10.2. The van der Waals surface area contributed by atoms with Gasteiger partial charge in [-0.3, -0.25) is 14.5 Å². The van der Waals surface area contributed by atoms with Crippen LogP contribution >= 0.6 is 0 Å². The van der Waals surface area contributed by atoms with Gasteiger partial charge < -0.3 is 10.6 Å². The van der Waals surface area contributed by atoms with Crippen LogP contribution in [0.25, 0.3) is 0 Å². The van der Waals surface area contributed by atoms with Crippen LogP contribution in [0.2, 0.25) is 0 Å². The van der Waals surface area contributed by atoms with Gasteiger partial charge in [-0.25, -0.2) is 9.97 Å². The highest BCUT2D eigenvalue weighted by atomic mass is 16.2. The number of nitrogens with two attached hydrogens (primary N) is 1. The summed E-state index contributed by atoms with van der Waals surface area (Å²) in [4.78, 5) is 37.6. The van der Waals surface area contributed by atoms with E-state index in [1.165, 1.54) is 83.1 Å². The van der Waals surface area contributed by atoms with Crippen molar-refractivity contribution in [3.63, 3.8) is 0 Å². The average Bonchev–Trinajstić information content (AvgIpc) is 2.82. The Bertz CT molecular complexity index is 807. The molecular formula is C24H35N5O2. The maximum absolute atomic E-state index is 13.3. The SMILES string of the molecule is NC(=O)c1cnc(C(=O)N2C[C@H]3C[C@@H](C2)[C@H](CC2CCCCC2)N2CCCC[C@@H]32)cn1. The van der Waals surface area contributed by atoms with Gasteiger partial charge in [0.15, 0.2) is 0 Å². The number of primary amides is 1. The van der Waals surface area contributed by atoms with Gasteiger partial charge in [0.1, 0.15) is 11.4 Å². The molecule has 168 valence electrons. The zero-order chi connectivity index (χ0) is 21.4. The van der Waals surface area contributed by atoms with Gasteiger partial charge in [0, 0.05) is 25.2 Å². The van der Waals surface area contributed by atoms with Crippen molar-refractivity contribution in [1.82, 2.24) is 19.8 Å². The van der Waals surface area contributed by atoms with Gasteiger partial charge in [0.2, 0.25) is 0 Å². The molecule has 7 heteroatoms. The molecule has 2 amide bonds. The van der Waals surface area contributed by atoms with Crippen LogP contribution in [-0.2, 0) is 0 Å². The van der Waals surface area contributed by atoms with Crippen molar-refractivity contribution in [3.05, 3.63) is 23.8 Å². The van der Waals surface area contributed by atoms with Gasteiger partial charge in [-0.2, -0.15) is 0 Å². The van der Waals surface area contributed by atoms with Crippen LogP contribution < -0.4 is 5.73 Å². The summed E-state index contributed by atoms with van der Waals surface area (Å²) in [6.07, 6.45) is 16.1. The van der Waals surface area contributed by atoms with Crippen molar-refractivity contribution >= 4 is 11.8 Å². The molecule has 31 heavy (non-hydrogen) atoms. The Kier molecular flexibility index (Phi) is 5.95. The first-order valence-corrected chi connectivity index (χ1v) is 12.3. The Morgan fingerprint density at radius 2 is 1.65 bits per heavy atom. The van der Waals surface area contributed by atoms with E-state index in [-0.39, 0.29) is 11.6 Å². The molecule has 2 N–H and O–H groups in total. The van der Waals surface area contributed by atoms with Crippen LogP contribution in [0, 0.1) is 17.8 Å². The zero-order valence-electron chi connectivity index (χ0n) is 18.4. The smallest absolute Gasteiger partial charge is 0.274 e. The number of fused-ring (bicyclic) bond motifs is 4. The summed E-state index contributed by atoms with van der Waals surface area (Å²) in [5.41, 5.74) is 5.67. The van der Waals surface area contributed by atoms with Crippen LogP contribution in [0.3, 0.4) is 0 Å². The molecule has 0 aromatic carbocycles. The van der Waals surface area contributed by atoms with Crippen molar-refractivity contribution < 1.29 is 9.59 Å². The third kappa shape index (κ3) is 4.21. The van der Waals surface area contributed by atoms with E-state index in [2.05, 4.69) is 14.9 Å². The fourth-order valence-electron chi connectivity index (χ4n) is 6.89. The number of carbonyl (C=O) groups is 2. The second kappa shape index (κ2) is 8.85. The molecule has 1 aliphatic carbocycles. The van der Waals surface area contributed by atoms with Crippen molar-refractivity contribution in [2.75, 3.05) is 19.6 Å². The topological polar surface area (TPSA) is 92.4 Å². The minimum atomic E-state index is -0.623. The molecule has 0 spiro atoms. The van der Waals surface area contributed by atoms with Crippen LogP contribution in [0.5, 0.6) is 0 Å². The molecule has 3 aliphatic heterocycles. The molecule has 0 unspecified atom stereocenters. The summed E-state index contributed by atoms with van der Waals surface area (Å²) in [7, 11) is 0. The van der Waals surface area contributed by atoms with Gasteiger partial charge in [-0.1, -0.05) is 38.5 Å². The van der Waals surface area contributed by atoms with Gasteiger partial charge in [0.05, 0.1) is 12.4 Å². The van der Waals surface area contributed by atoms with Crippen LogP contribution in [0.1, 0.15) is 85.2 Å². The molecule has 5 rings (SSSR count). The average molecular weight is 426 g/mol. The Labute approximate surface area is 184 Å². The first kappa shape index (κ1) is 20.9. The van der Waals surface area contributed by atoms with Crippen molar-refractivity contribution in [3.8, 4) is 0 Å². The Balaban J connectivity index is 1.34. The number of likely N-dealkylation sites (tertiary alicyclic amines) is 1. The summed E-state index contributed by atoms with van der Waals surface area (Å²) >= 11 is 0. The number of hydrogen-bond acceptors (Lipinski definition) is 5. The third-order valence-corrected chi connectivity index (χ3v) is 8.33. The fraction of sp³-hybridized carbons (Fsp3) is 0.750. The highest BCUT2D eigenvalue weighted by Gasteiger charge is 2.48. The van der Waals surface area contributed by atoms with Crippen molar-refractivity contribution in [2.45, 2.75) is 76.3 Å². The van der Waals surface area contributed by atoms with Crippen LogP contribution in [0.4, 0.5) is 0 Å². The minimum Gasteiger partial charge on any atom is -0.364 e. The lowest BCUT2D eigenvalue weighted by molar-refractivity contribution is -0.0726. The first-order chi connectivity index (χ1) is 15.1. The normalized spacial score (nSPS) is 31.8. The second-order valence-corrected chi connectivity index (χ2v) is 10.2. The number of nitrogens with zero attached hydrogens (tertiary/aromatic N) is 4. The maximum Gasteiger partial charge on any atom is 0.274 e. The predicted molar refractivity (Wildman–Crippen MR) is 117 cm³/mol.